The maximum absolute atomic E-state index is 12.0. The van der Waals surface area contributed by atoms with Crippen molar-refractivity contribution in [1.82, 2.24) is 10.2 Å². The maximum atomic E-state index is 12.0. The summed E-state index contributed by atoms with van der Waals surface area (Å²) in [5.74, 6) is 1.62. The molecule has 0 saturated carbocycles. The zero-order chi connectivity index (χ0) is 15.1. The molecule has 0 aromatic heterocycles. The molecule has 1 fully saturated rings. The average molecular weight is 290 g/mol. The van der Waals surface area contributed by atoms with Crippen molar-refractivity contribution in [3.05, 3.63) is 29.8 Å². The SMILES string of the molecule is COc1ccccc1CCNC(=O)CC1CCN(C)CC1. The van der Waals surface area contributed by atoms with Crippen LogP contribution >= 0.6 is 0 Å². The topological polar surface area (TPSA) is 41.6 Å². The first-order valence-corrected chi connectivity index (χ1v) is 7.76. The van der Waals surface area contributed by atoms with E-state index >= 15 is 0 Å². The molecule has 0 radical (unpaired) electrons. The molecule has 21 heavy (non-hydrogen) atoms. The van der Waals surface area contributed by atoms with Crippen LogP contribution in [0.1, 0.15) is 24.8 Å². The van der Waals surface area contributed by atoms with Crippen LogP contribution in [0.3, 0.4) is 0 Å². The third-order valence-corrected chi connectivity index (χ3v) is 4.22. The monoisotopic (exact) mass is 290 g/mol. The molecule has 116 valence electrons. The van der Waals surface area contributed by atoms with Gasteiger partial charge in [-0.25, -0.2) is 0 Å². The van der Waals surface area contributed by atoms with Crippen molar-refractivity contribution in [2.24, 2.45) is 5.92 Å². The van der Waals surface area contributed by atoms with Crippen molar-refractivity contribution in [3.63, 3.8) is 0 Å². The van der Waals surface area contributed by atoms with Crippen LogP contribution in [0.5, 0.6) is 5.75 Å². The van der Waals surface area contributed by atoms with Crippen LogP contribution in [0.25, 0.3) is 0 Å². The highest BCUT2D eigenvalue weighted by molar-refractivity contribution is 5.76. The lowest BCUT2D eigenvalue weighted by molar-refractivity contribution is -0.122. The Hall–Kier alpha value is -1.55. The zero-order valence-electron chi connectivity index (χ0n) is 13.1. The number of methoxy groups -OCH3 is 1. The first kappa shape index (κ1) is 15.8. The van der Waals surface area contributed by atoms with Gasteiger partial charge in [0, 0.05) is 13.0 Å². The van der Waals surface area contributed by atoms with E-state index in [1.165, 1.54) is 0 Å². The molecule has 0 aliphatic carbocycles. The van der Waals surface area contributed by atoms with Crippen LogP contribution in [-0.2, 0) is 11.2 Å². The minimum atomic E-state index is 0.180. The Morgan fingerprint density at radius 2 is 2.05 bits per heavy atom. The van der Waals surface area contributed by atoms with Crippen LogP contribution in [0.4, 0.5) is 0 Å². The number of benzene rings is 1. The summed E-state index contributed by atoms with van der Waals surface area (Å²) < 4.78 is 5.32. The zero-order valence-corrected chi connectivity index (χ0v) is 13.1. The van der Waals surface area contributed by atoms with Crippen LogP contribution < -0.4 is 10.1 Å². The summed E-state index contributed by atoms with van der Waals surface area (Å²) in [6.45, 7) is 2.89. The minimum Gasteiger partial charge on any atom is -0.496 e. The number of para-hydroxylation sites is 1. The Bertz CT molecular complexity index is 454. The Morgan fingerprint density at radius 1 is 1.33 bits per heavy atom. The smallest absolute Gasteiger partial charge is 0.220 e. The number of piperidine rings is 1. The van der Waals surface area contributed by atoms with E-state index in [1.54, 1.807) is 7.11 Å². The van der Waals surface area contributed by atoms with Gasteiger partial charge in [-0.1, -0.05) is 18.2 Å². The second kappa shape index (κ2) is 8.03. The lowest BCUT2D eigenvalue weighted by Gasteiger charge is -2.28. The van der Waals surface area contributed by atoms with Gasteiger partial charge in [-0.3, -0.25) is 4.79 Å². The molecule has 4 nitrogen and oxygen atoms in total. The van der Waals surface area contributed by atoms with Crippen LogP contribution in [0, 0.1) is 5.92 Å². The molecule has 1 heterocycles. The molecule has 1 aromatic rings. The van der Waals surface area contributed by atoms with Gasteiger partial charge < -0.3 is 15.0 Å². The highest BCUT2D eigenvalue weighted by atomic mass is 16.5. The third kappa shape index (κ3) is 5.05. The Morgan fingerprint density at radius 3 is 2.76 bits per heavy atom. The van der Waals surface area contributed by atoms with Crippen LogP contribution in [-0.4, -0.2) is 44.6 Å². The van der Waals surface area contributed by atoms with Crippen molar-refractivity contribution >= 4 is 5.91 Å². The van der Waals surface area contributed by atoms with E-state index in [0.29, 0.717) is 18.9 Å². The summed E-state index contributed by atoms with van der Waals surface area (Å²) >= 11 is 0. The number of hydrogen-bond donors (Lipinski definition) is 1. The van der Waals surface area contributed by atoms with E-state index in [0.717, 1.165) is 43.7 Å². The Kier molecular flexibility index (Phi) is 6.05. The number of nitrogens with zero attached hydrogens (tertiary/aromatic N) is 1. The van der Waals surface area contributed by atoms with Gasteiger partial charge in [0.15, 0.2) is 0 Å². The first-order valence-electron chi connectivity index (χ1n) is 7.76. The fourth-order valence-electron chi connectivity index (χ4n) is 2.85. The second-order valence-electron chi connectivity index (χ2n) is 5.86. The number of likely N-dealkylation sites (tertiary alicyclic amines) is 1. The number of carbonyl (C=O) groups is 1. The fourth-order valence-corrected chi connectivity index (χ4v) is 2.85. The predicted molar refractivity (Wildman–Crippen MR) is 84.5 cm³/mol. The molecule has 2 rings (SSSR count). The molecule has 0 bridgehead atoms. The van der Waals surface area contributed by atoms with E-state index in [1.807, 2.05) is 24.3 Å². The highest BCUT2D eigenvalue weighted by Crippen LogP contribution is 2.19. The van der Waals surface area contributed by atoms with Gasteiger partial charge in [0.2, 0.25) is 5.91 Å². The second-order valence-corrected chi connectivity index (χ2v) is 5.86. The molecule has 1 saturated heterocycles. The summed E-state index contributed by atoms with van der Waals surface area (Å²) in [5.41, 5.74) is 1.14. The lowest BCUT2D eigenvalue weighted by Crippen LogP contribution is -2.34. The largest absolute Gasteiger partial charge is 0.496 e. The predicted octanol–water partition coefficient (Wildman–Crippen LogP) is 2.09. The van der Waals surface area contributed by atoms with Crippen molar-refractivity contribution in [1.29, 1.82) is 0 Å². The minimum absolute atomic E-state index is 0.180. The fraction of sp³-hybridized carbons (Fsp3) is 0.588. The van der Waals surface area contributed by atoms with Crippen molar-refractivity contribution in [2.45, 2.75) is 25.7 Å². The molecule has 0 atom stereocenters. The lowest BCUT2D eigenvalue weighted by atomic mass is 9.93. The summed E-state index contributed by atoms with van der Waals surface area (Å²) in [5, 5.41) is 3.03. The van der Waals surface area contributed by atoms with E-state index in [9.17, 15) is 4.79 Å². The van der Waals surface area contributed by atoms with Gasteiger partial charge in [-0.05, 0) is 56.9 Å². The molecule has 1 N–H and O–H groups in total. The number of hydrogen-bond acceptors (Lipinski definition) is 3. The van der Waals surface area contributed by atoms with Gasteiger partial charge >= 0.3 is 0 Å². The molecule has 0 unspecified atom stereocenters. The van der Waals surface area contributed by atoms with Crippen molar-refractivity contribution in [3.8, 4) is 5.75 Å². The summed E-state index contributed by atoms with van der Waals surface area (Å²) in [6, 6.07) is 7.96. The molecule has 0 spiro atoms. The van der Waals surface area contributed by atoms with Gasteiger partial charge in [0.05, 0.1) is 7.11 Å². The van der Waals surface area contributed by atoms with Gasteiger partial charge in [0.25, 0.3) is 0 Å². The quantitative estimate of drug-likeness (QED) is 0.872. The number of ether oxygens (including phenoxy) is 1. The molecular formula is C17H26N2O2. The van der Waals surface area contributed by atoms with Gasteiger partial charge in [-0.2, -0.15) is 0 Å². The number of carbonyl (C=O) groups excluding carboxylic acids is 1. The highest BCUT2D eigenvalue weighted by Gasteiger charge is 2.19. The van der Waals surface area contributed by atoms with Gasteiger partial charge in [0.1, 0.15) is 5.75 Å². The first-order chi connectivity index (χ1) is 10.2. The molecule has 1 aliphatic rings. The number of amides is 1. The van der Waals surface area contributed by atoms with Crippen LogP contribution in [0.15, 0.2) is 24.3 Å². The molecule has 1 aliphatic heterocycles. The number of rotatable bonds is 6. The third-order valence-electron chi connectivity index (χ3n) is 4.22. The molecule has 1 amide bonds. The van der Waals surface area contributed by atoms with E-state index in [2.05, 4.69) is 17.3 Å². The maximum Gasteiger partial charge on any atom is 0.220 e. The Balaban J connectivity index is 1.69. The van der Waals surface area contributed by atoms with Crippen LogP contribution in [0.2, 0.25) is 0 Å². The van der Waals surface area contributed by atoms with E-state index in [-0.39, 0.29) is 5.91 Å². The standard InChI is InChI=1S/C17H26N2O2/c1-19-11-8-14(9-12-19)13-17(20)18-10-7-15-5-3-4-6-16(15)21-2/h3-6,14H,7-13H2,1-2H3,(H,18,20). The van der Waals surface area contributed by atoms with E-state index < -0.39 is 0 Å². The molecule has 1 aromatic carbocycles. The Labute approximate surface area is 127 Å². The van der Waals surface area contributed by atoms with Crippen molar-refractivity contribution in [2.75, 3.05) is 33.8 Å². The summed E-state index contributed by atoms with van der Waals surface area (Å²) in [6.07, 6.45) is 3.75. The molecule has 4 heteroatoms. The summed E-state index contributed by atoms with van der Waals surface area (Å²) in [7, 11) is 3.82. The summed E-state index contributed by atoms with van der Waals surface area (Å²) in [4.78, 5) is 14.3. The average Bonchev–Trinajstić information content (AvgIpc) is 2.50. The molecular weight excluding hydrogens is 264 g/mol. The van der Waals surface area contributed by atoms with Gasteiger partial charge in [-0.15, -0.1) is 0 Å². The van der Waals surface area contributed by atoms with E-state index in [4.69, 9.17) is 4.74 Å². The van der Waals surface area contributed by atoms with Crippen molar-refractivity contribution < 1.29 is 9.53 Å². The normalized spacial score (nSPS) is 16.7. The number of nitrogens with one attached hydrogen (secondary N) is 1.